The first-order chi connectivity index (χ1) is 10.7. The number of fused-ring (bicyclic) bond motifs is 1. The van der Waals surface area contributed by atoms with E-state index in [-0.39, 0.29) is 5.91 Å². The fourth-order valence-electron chi connectivity index (χ4n) is 3.38. The van der Waals surface area contributed by atoms with Crippen LogP contribution in [-0.2, 0) is 0 Å². The molecule has 2 aromatic rings. The third-order valence-electron chi connectivity index (χ3n) is 4.46. The molecule has 0 aliphatic carbocycles. The topological polar surface area (TPSA) is 59.2 Å². The number of hydrogen-bond acceptors (Lipinski definition) is 3. The molecule has 0 radical (unpaired) electrons. The molecule has 1 unspecified atom stereocenters. The molecule has 1 fully saturated rings. The van der Waals surface area contributed by atoms with Crippen LogP contribution in [0.2, 0.25) is 0 Å². The number of hydrogen-bond donors (Lipinski definition) is 1. The van der Waals surface area contributed by atoms with Crippen molar-refractivity contribution in [2.75, 3.05) is 19.6 Å². The Morgan fingerprint density at radius 3 is 3.05 bits per heavy atom. The van der Waals surface area contributed by atoms with Crippen molar-refractivity contribution in [2.24, 2.45) is 11.7 Å². The van der Waals surface area contributed by atoms with Gasteiger partial charge in [0.25, 0.3) is 5.91 Å². The largest absolute Gasteiger partial charge is 0.338 e. The zero-order valence-electron chi connectivity index (χ0n) is 13.1. The number of benzene rings is 1. The van der Waals surface area contributed by atoms with E-state index in [4.69, 9.17) is 5.73 Å². The maximum atomic E-state index is 13.0. The van der Waals surface area contributed by atoms with Gasteiger partial charge in [0.1, 0.15) is 0 Å². The van der Waals surface area contributed by atoms with Crippen LogP contribution in [0.3, 0.4) is 0 Å². The highest BCUT2D eigenvalue weighted by Gasteiger charge is 2.25. The molecule has 1 saturated heterocycles. The van der Waals surface area contributed by atoms with Crippen LogP contribution in [0.4, 0.5) is 0 Å². The number of piperidine rings is 1. The van der Waals surface area contributed by atoms with Gasteiger partial charge in [-0.25, -0.2) is 0 Å². The Hall–Kier alpha value is -1.94. The second kappa shape index (κ2) is 6.44. The van der Waals surface area contributed by atoms with Crippen LogP contribution < -0.4 is 5.73 Å². The maximum absolute atomic E-state index is 13.0. The lowest BCUT2D eigenvalue weighted by Crippen LogP contribution is -2.40. The molecular formula is C18H23N3O. The fraction of sp³-hybridized carbons (Fsp3) is 0.444. The predicted molar refractivity (Wildman–Crippen MR) is 88.8 cm³/mol. The van der Waals surface area contributed by atoms with Crippen molar-refractivity contribution < 1.29 is 4.79 Å². The molecule has 22 heavy (non-hydrogen) atoms. The van der Waals surface area contributed by atoms with E-state index < -0.39 is 0 Å². The van der Waals surface area contributed by atoms with Crippen molar-refractivity contribution in [2.45, 2.75) is 26.2 Å². The summed E-state index contributed by atoms with van der Waals surface area (Å²) in [6, 6.07) is 9.78. The molecule has 0 bridgehead atoms. The van der Waals surface area contributed by atoms with E-state index in [9.17, 15) is 4.79 Å². The number of rotatable bonds is 3. The van der Waals surface area contributed by atoms with Crippen molar-refractivity contribution in [3.05, 3.63) is 41.6 Å². The minimum absolute atomic E-state index is 0.128. The van der Waals surface area contributed by atoms with Crippen molar-refractivity contribution >= 4 is 16.8 Å². The van der Waals surface area contributed by atoms with E-state index in [0.717, 1.165) is 48.1 Å². The first-order valence-corrected chi connectivity index (χ1v) is 8.05. The van der Waals surface area contributed by atoms with Crippen LogP contribution in [0.25, 0.3) is 10.9 Å². The zero-order valence-corrected chi connectivity index (χ0v) is 13.1. The predicted octanol–water partition coefficient (Wildman–Crippen LogP) is 2.74. The normalized spacial score (nSPS) is 18.6. The molecule has 116 valence electrons. The Labute approximate surface area is 131 Å². The number of aromatic nitrogens is 1. The molecule has 1 aromatic carbocycles. The van der Waals surface area contributed by atoms with Gasteiger partial charge in [-0.15, -0.1) is 0 Å². The van der Waals surface area contributed by atoms with E-state index in [2.05, 4.69) is 4.98 Å². The van der Waals surface area contributed by atoms with Crippen molar-refractivity contribution in [1.29, 1.82) is 0 Å². The fourth-order valence-corrected chi connectivity index (χ4v) is 3.38. The Bertz CT molecular complexity index is 681. The molecule has 1 aliphatic rings. The second-order valence-electron chi connectivity index (χ2n) is 6.17. The lowest BCUT2D eigenvalue weighted by molar-refractivity contribution is 0.0671. The average molecular weight is 297 g/mol. The first kappa shape index (κ1) is 15.0. The number of pyridine rings is 1. The molecule has 3 rings (SSSR count). The Balaban J connectivity index is 1.91. The molecule has 4 heteroatoms. The third kappa shape index (κ3) is 2.97. The summed E-state index contributed by atoms with van der Waals surface area (Å²) in [7, 11) is 0. The summed E-state index contributed by atoms with van der Waals surface area (Å²) < 4.78 is 0. The van der Waals surface area contributed by atoms with E-state index in [1.807, 2.05) is 42.2 Å². The summed E-state index contributed by atoms with van der Waals surface area (Å²) in [6.07, 6.45) is 3.25. The first-order valence-electron chi connectivity index (χ1n) is 8.05. The van der Waals surface area contributed by atoms with Gasteiger partial charge < -0.3 is 10.6 Å². The monoisotopic (exact) mass is 297 g/mol. The Morgan fingerprint density at radius 1 is 1.41 bits per heavy atom. The quantitative estimate of drug-likeness (QED) is 0.947. The standard InChI is InChI=1S/C18H23N3O/c1-13-11-16(15-6-2-3-7-17(15)20-13)18(22)21-10-4-5-14(12-21)8-9-19/h2-3,6-7,11,14H,4-5,8-10,12,19H2,1H3. The number of para-hydroxylation sites is 1. The number of likely N-dealkylation sites (tertiary alicyclic amines) is 1. The molecule has 0 spiro atoms. The molecule has 1 aromatic heterocycles. The molecule has 2 N–H and O–H groups in total. The molecule has 0 saturated carbocycles. The molecular weight excluding hydrogens is 274 g/mol. The number of amides is 1. The summed E-state index contributed by atoms with van der Waals surface area (Å²) in [6.45, 7) is 4.31. The number of carbonyl (C=O) groups excluding carboxylic acids is 1. The Morgan fingerprint density at radius 2 is 2.23 bits per heavy atom. The van der Waals surface area contributed by atoms with Gasteiger partial charge in [-0.3, -0.25) is 9.78 Å². The molecule has 1 atom stereocenters. The van der Waals surface area contributed by atoms with E-state index in [1.165, 1.54) is 6.42 Å². The van der Waals surface area contributed by atoms with Gasteiger partial charge >= 0.3 is 0 Å². The lowest BCUT2D eigenvalue weighted by atomic mass is 9.94. The highest BCUT2D eigenvalue weighted by Crippen LogP contribution is 2.24. The van der Waals surface area contributed by atoms with Crippen LogP contribution in [0, 0.1) is 12.8 Å². The van der Waals surface area contributed by atoms with Gasteiger partial charge in [0.05, 0.1) is 11.1 Å². The van der Waals surface area contributed by atoms with Crippen LogP contribution in [0.1, 0.15) is 35.3 Å². The minimum atomic E-state index is 0.128. The smallest absolute Gasteiger partial charge is 0.254 e. The third-order valence-corrected chi connectivity index (χ3v) is 4.46. The number of nitrogens with two attached hydrogens (primary N) is 1. The summed E-state index contributed by atoms with van der Waals surface area (Å²) in [5, 5.41) is 0.944. The van der Waals surface area contributed by atoms with E-state index >= 15 is 0 Å². The number of carbonyl (C=O) groups is 1. The van der Waals surface area contributed by atoms with Crippen LogP contribution in [-0.4, -0.2) is 35.4 Å². The maximum Gasteiger partial charge on any atom is 0.254 e. The highest BCUT2D eigenvalue weighted by molar-refractivity contribution is 6.06. The van der Waals surface area contributed by atoms with Crippen LogP contribution in [0.5, 0.6) is 0 Å². The van der Waals surface area contributed by atoms with Gasteiger partial charge in [0, 0.05) is 24.2 Å². The van der Waals surface area contributed by atoms with Crippen LogP contribution >= 0.6 is 0 Å². The minimum Gasteiger partial charge on any atom is -0.338 e. The molecule has 4 nitrogen and oxygen atoms in total. The summed E-state index contributed by atoms with van der Waals surface area (Å²) in [5.74, 6) is 0.667. The van der Waals surface area contributed by atoms with E-state index in [1.54, 1.807) is 0 Å². The molecule has 1 aliphatic heterocycles. The van der Waals surface area contributed by atoms with E-state index in [0.29, 0.717) is 12.5 Å². The van der Waals surface area contributed by atoms with Gasteiger partial charge in [0.2, 0.25) is 0 Å². The van der Waals surface area contributed by atoms with Crippen molar-refractivity contribution in [1.82, 2.24) is 9.88 Å². The highest BCUT2D eigenvalue weighted by atomic mass is 16.2. The van der Waals surface area contributed by atoms with Crippen LogP contribution in [0.15, 0.2) is 30.3 Å². The summed E-state index contributed by atoms with van der Waals surface area (Å²) >= 11 is 0. The average Bonchev–Trinajstić information content (AvgIpc) is 2.54. The lowest BCUT2D eigenvalue weighted by Gasteiger charge is -2.33. The summed E-state index contributed by atoms with van der Waals surface area (Å²) in [5.41, 5.74) is 8.23. The van der Waals surface area contributed by atoms with Crippen molar-refractivity contribution in [3.8, 4) is 0 Å². The Kier molecular flexibility index (Phi) is 4.39. The SMILES string of the molecule is Cc1cc(C(=O)N2CCCC(CCN)C2)c2ccccc2n1. The second-order valence-corrected chi connectivity index (χ2v) is 6.17. The van der Waals surface area contributed by atoms with Gasteiger partial charge in [0.15, 0.2) is 0 Å². The van der Waals surface area contributed by atoms with Crippen molar-refractivity contribution in [3.63, 3.8) is 0 Å². The molecule has 2 heterocycles. The number of aryl methyl sites for hydroxylation is 1. The van der Waals surface area contributed by atoms with Gasteiger partial charge in [-0.05, 0) is 50.8 Å². The zero-order chi connectivity index (χ0) is 15.5. The van der Waals surface area contributed by atoms with Gasteiger partial charge in [-0.1, -0.05) is 18.2 Å². The summed E-state index contributed by atoms with van der Waals surface area (Å²) in [4.78, 5) is 19.5. The van der Waals surface area contributed by atoms with Gasteiger partial charge in [-0.2, -0.15) is 0 Å². The molecule has 1 amide bonds. The number of nitrogens with zero attached hydrogens (tertiary/aromatic N) is 2.